The lowest BCUT2D eigenvalue weighted by atomic mass is 10.2. The molecule has 1 aliphatic rings. The van der Waals surface area contributed by atoms with Crippen LogP contribution >= 0.6 is 50.7 Å². The Labute approximate surface area is 135 Å². The molecule has 9 heteroatoms. The SMILES string of the molecule is O=S(=O)(OCC(Cl)(Cl)Cl)N1CC1c1ccccc1Br. The van der Waals surface area contributed by atoms with Gasteiger partial charge in [-0.25, -0.2) is 0 Å². The van der Waals surface area contributed by atoms with Crippen molar-refractivity contribution < 1.29 is 12.6 Å². The lowest BCUT2D eigenvalue weighted by Crippen LogP contribution is -2.22. The maximum absolute atomic E-state index is 11.8. The number of rotatable bonds is 4. The lowest BCUT2D eigenvalue weighted by molar-refractivity contribution is 0.305. The van der Waals surface area contributed by atoms with E-state index in [2.05, 4.69) is 15.9 Å². The van der Waals surface area contributed by atoms with Crippen LogP contribution in [0.5, 0.6) is 0 Å². The van der Waals surface area contributed by atoms with Gasteiger partial charge in [0, 0.05) is 11.0 Å². The van der Waals surface area contributed by atoms with E-state index in [0.29, 0.717) is 6.54 Å². The smallest absolute Gasteiger partial charge is 0.253 e. The van der Waals surface area contributed by atoms with Gasteiger partial charge in [0.25, 0.3) is 0 Å². The van der Waals surface area contributed by atoms with Crippen LogP contribution in [0.1, 0.15) is 11.6 Å². The van der Waals surface area contributed by atoms with E-state index in [0.717, 1.165) is 10.0 Å². The monoisotopic (exact) mass is 407 g/mol. The standard InChI is InChI=1S/C10H9BrCl3NO3S/c11-8-4-2-1-3-7(8)9-5-15(9)19(16,17)18-6-10(12,13)14/h1-4,9H,5-6H2. The molecule has 2 rings (SSSR count). The van der Waals surface area contributed by atoms with Crippen LogP contribution in [0.3, 0.4) is 0 Å². The Morgan fingerprint density at radius 2 is 2.00 bits per heavy atom. The van der Waals surface area contributed by atoms with Gasteiger partial charge in [0.1, 0.15) is 6.61 Å². The quantitative estimate of drug-likeness (QED) is 0.565. The van der Waals surface area contributed by atoms with Gasteiger partial charge >= 0.3 is 10.3 Å². The first-order valence-corrected chi connectivity index (χ1v) is 8.47. The van der Waals surface area contributed by atoms with Crippen molar-refractivity contribution in [3.63, 3.8) is 0 Å². The topological polar surface area (TPSA) is 46.4 Å². The summed E-state index contributed by atoms with van der Waals surface area (Å²) in [7, 11) is -3.88. The van der Waals surface area contributed by atoms with Gasteiger partial charge in [-0.15, -0.1) is 0 Å². The van der Waals surface area contributed by atoms with E-state index < -0.39 is 20.7 Å². The van der Waals surface area contributed by atoms with Crippen molar-refractivity contribution in [2.75, 3.05) is 13.2 Å². The Balaban J connectivity index is 2.04. The number of nitrogens with zero attached hydrogens (tertiary/aromatic N) is 1. The molecule has 0 N–H and O–H groups in total. The van der Waals surface area contributed by atoms with Crippen LogP contribution in [0.25, 0.3) is 0 Å². The largest absolute Gasteiger partial charge is 0.339 e. The highest BCUT2D eigenvalue weighted by molar-refractivity contribution is 9.10. The number of hydrogen-bond acceptors (Lipinski definition) is 3. The summed E-state index contributed by atoms with van der Waals surface area (Å²) in [5, 5.41) is 0. The Kier molecular flexibility index (Phi) is 4.72. The second-order valence-corrected chi connectivity index (χ2v) is 8.87. The minimum Gasteiger partial charge on any atom is -0.253 e. The van der Waals surface area contributed by atoms with Crippen molar-refractivity contribution in [1.29, 1.82) is 0 Å². The van der Waals surface area contributed by atoms with Crippen LogP contribution in [0.2, 0.25) is 0 Å². The first-order valence-electron chi connectivity index (χ1n) is 5.18. The van der Waals surface area contributed by atoms with Gasteiger partial charge in [-0.1, -0.05) is 68.9 Å². The fourth-order valence-corrected chi connectivity index (χ4v) is 3.70. The Morgan fingerprint density at radius 1 is 1.37 bits per heavy atom. The minimum atomic E-state index is -3.88. The highest BCUT2D eigenvalue weighted by Crippen LogP contribution is 2.41. The normalized spacial score (nSPS) is 23.4. The maximum atomic E-state index is 11.8. The molecule has 0 bridgehead atoms. The van der Waals surface area contributed by atoms with Crippen molar-refractivity contribution in [3.05, 3.63) is 34.3 Å². The fourth-order valence-electron chi connectivity index (χ4n) is 1.58. The molecular weight excluding hydrogens is 400 g/mol. The van der Waals surface area contributed by atoms with Crippen molar-refractivity contribution in [3.8, 4) is 0 Å². The first kappa shape index (κ1) is 15.8. The van der Waals surface area contributed by atoms with Gasteiger partial charge in [-0.05, 0) is 11.6 Å². The van der Waals surface area contributed by atoms with Crippen molar-refractivity contribution in [2.45, 2.75) is 9.83 Å². The molecule has 1 aromatic carbocycles. The van der Waals surface area contributed by atoms with E-state index in [-0.39, 0.29) is 6.04 Å². The molecule has 1 heterocycles. The average molecular weight is 410 g/mol. The van der Waals surface area contributed by atoms with Crippen LogP contribution in [-0.4, -0.2) is 29.7 Å². The van der Waals surface area contributed by atoms with Gasteiger partial charge in [-0.2, -0.15) is 12.7 Å². The number of alkyl halides is 3. The molecule has 1 saturated heterocycles. The van der Waals surface area contributed by atoms with Crippen LogP contribution in [0.15, 0.2) is 28.7 Å². The second-order valence-electron chi connectivity index (χ2n) is 3.94. The molecule has 0 saturated carbocycles. The van der Waals surface area contributed by atoms with E-state index in [9.17, 15) is 8.42 Å². The molecule has 0 amide bonds. The molecule has 19 heavy (non-hydrogen) atoms. The van der Waals surface area contributed by atoms with Crippen LogP contribution < -0.4 is 0 Å². The van der Waals surface area contributed by atoms with E-state index >= 15 is 0 Å². The van der Waals surface area contributed by atoms with Crippen molar-refractivity contribution in [2.24, 2.45) is 0 Å². The lowest BCUT2D eigenvalue weighted by Gasteiger charge is -2.12. The number of benzene rings is 1. The summed E-state index contributed by atoms with van der Waals surface area (Å²) in [6.45, 7) is -0.163. The summed E-state index contributed by atoms with van der Waals surface area (Å²) in [6, 6.07) is 7.15. The second kappa shape index (κ2) is 5.67. The van der Waals surface area contributed by atoms with Crippen LogP contribution in [-0.2, 0) is 14.5 Å². The highest BCUT2D eigenvalue weighted by Gasteiger charge is 2.47. The van der Waals surface area contributed by atoms with E-state index in [1.54, 1.807) is 0 Å². The van der Waals surface area contributed by atoms with Crippen molar-refractivity contribution >= 4 is 61.0 Å². The predicted octanol–water partition coefficient (Wildman–Crippen LogP) is 3.44. The zero-order valence-corrected chi connectivity index (χ0v) is 14.1. The third-order valence-corrected chi connectivity index (χ3v) is 4.93. The summed E-state index contributed by atoms with van der Waals surface area (Å²) >= 11 is 19.8. The van der Waals surface area contributed by atoms with Gasteiger partial charge < -0.3 is 0 Å². The number of hydrogen-bond donors (Lipinski definition) is 0. The van der Waals surface area contributed by atoms with Crippen LogP contribution in [0, 0.1) is 0 Å². The minimum absolute atomic E-state index is 0.240. The zero-order chi connectivity index (χ0) is 14.3. The van der Waals surface area contributed by atoms with E-state index in [4.69, 9.17) is 39.0 Å². The molecule has 0 aliphatic carbocycles. The highest BCUT2D eigenvalue weighted by atomic mass is 79.9. The van der Waals surface area contributed by atoms with Gasteiger partial charge in [0.05, 0.1) is 6.04 Å². The first-order chi connectivity index (χ1) is 8.71. The molecule has 2 unspecified atom stereocenters. The molecule has 0 spiro atoms. The molecule has 106 valence electrons. The Hall–Kier alpha value is 0.440. The molecule has 4 nitrogen and oxygen atoms in total. The van der Waals surface area contributed by atoms with Gasteiger partial charge in [-0.3, -0.25) is 4.18 Å². The molecule has 1 aliphatic heterocycles. The van der Waals surface area contributed by atoms with Crippen molar-refractivity contribution in [1.82, 2.24) is 4.31 Å². The third-order valence-electron chi connectivity index (χ3n) is 2.49. The average Bonchev–Trinajstić information content (AvgIpc) is 3.07. The number of halogens is 4. The molecule has 1 aromatic rings. The zero-order valence-electron chi connectivity index (χ0n) is 9.39. The maximum Gasteiger partial charge on any atom is 0.339 e. The molecular formula is C10H9BrCl3NO3S. The molecule has 1 fully saturated rings. The van der Waals surface area contributed by atoms with Crippen LogP contribution in [0.4, 0.5) is 0 Å². The van der Waals surface area contributed by atoms with E-state index in [1.807, 2.05) is 24.3 Å². The summed E-state index contributed by atoms with van der Waals surface area (Å²) < 4.78 is 28.7. The van der Waals surface area contributed by atoms with Gasteiger partial charge in [0.15, 0.2) is 0 Å². The summed E-state index contributed by atoms with van der Waals surface area (Å²) in [6.07, 6.45) is 0. The fraction of sp³-hybridized carbons (Fsp3) is 0.400. The Bertz CT molecular complexity index is 576. The Morgan fingerprint density at radius 3 is 2.58 bits per heavy atom. The third kappa shape index (κ3) is 4.20. The van der Waals surface area contributed by atoms with Gasteiger partial charge in [0.2, 0.25) is 3.79 Å². The molecule has 2 atom stereocenters. The molecule has 0 radical (unpaired) electrons. The summed E-state index contributed by atoms with van der Waals surface area (Å²) in [5.41, 5.74) is 0.878. The molecule has 0 aromatic heterocycles. The summed E-state index contributed by atoms with van der Waals surface area (Å²) in [4.78, 5) is 0. The predicted molar refractivity (Wildman–Crippen MR) is 78.8 cm³/mol. The summed E-state index contributed by atoms with van der Waals surface area (Å²) in [5.74, 6) is 0. The van der Waals surface area contributed by atoms with E-state index in [1.165, 1.54) is 4.31 Å².